The number of rotatable bonds is 3. The molecule has 1 aliphatic rings. The van der Waals surface area contributed by atoms with Crippen LogP contribution in [0.1, 0.15) is 19.8 Å². The van der Waals surface area contributed by atoms with Gasteiger partial charge in [0.15, 0.2) is 0 Å². The number of likely N-dealkylation sites (tertiary alicyclic amines) is 1. The number of halogens is 1. The Morgan fingerprint density at radius 2 is 1.74 bits per heavy atom. The zero-order chi connectivity index (χ0) is 14.0. The molecule has 2 rings (SSSR count). The second-order valence-corrected chi connectivity index (χ2v) is 5.58. The highest BCUT2D eigenvalue weighted by Crippen LogP contribution is 2.17. The van der Waals surface area contributed by atoms with Crippen LogP contribution in [-0.2, 0) is 14.4 Å². The molecule has 1 N–H and O–H groups in total. The molecule has 100 valence electrons. The lowest BCUT2D eigenvalue weighted by Crippen LogP contribution is -2.44. The Morgan fingerprint density at radius 3 is 2.26 bits per heavy atom. The normalized spacial score (nSPS) is 16.6. The molecule has 0 bridgehead atoms. The fourth-order valence-corrected chi connectivity index (χ4v) is 2.28. The Hall–Kier alpha value is -1.44. The van der Waals surface area contributed by atoms with Gasteiger partial charge in [-0.1, -0.05) is 0 Å². The number of nitrogens with one attached hydrogen (secondary N) is 1. The Labute approximate surface area is 124 Å². The maximum Gasteiger partial charge on any atom is 0.247 e. The molecule has 1 saturated heterocycles. The van der Waals surface area contributed by atoms with Crippen LogP contribution in [0.4, 0.5) is 5.69 Å². The second-order valence-electron chi connectivity index (χ2n) is 4.33. The summed E-state index contributed by atoms with van der Waals surface area (Å²) in [5, 5.41) is 2.70. The van der Waals surface area contributed by atoms with Crippen LogP contribution in [0.25, 0.3) is 0 Å². The third-order valence-corrected chi connectivity index (χ3v) is 3.69. The number of nitrogens with zero attached hydrogens (tertiary/aromatic N) is 1. The van der Waals surface area contributed by atoms with Crippen molar-refractivity contribution >= 4 is 46.0 Å². The van der Waals surface area contributed by atoms with E-state index in [0.29, 0.717) is 5.69 Å². The summed E-state index contributed by atoms with van der Waals surface area (Å²) in [6, 6.07) is 6.52. The smallest absolute Gasteiger partial charge is 0.247 e. The van der Waals surface area contributed by atoms with Crippen LogP contribution < -0.4 is 5.32 Å². The van der Waals surface area contributed by atoms with Gasteiger partial charge in [-0.2, -0.15) is 0 Å². The Bertz CT molecular complexity index is 511. The van der Waals surface area contributed by atoms with Crippen molar-refractivity contribution in [2.24, 2.45) is 0 Å². The molecule has 0 radical (unpaired) electrons. The summed E-state index contributed by atoms with van der Waals surface area (Å²) < 4.78 is 1.06. The van der Waals surface area contributed by atoms with E-state index in [0.717, 1.165) is 8.47 Å². The van der Waals surface area contributed by atoms with Gasteiger partial charge >= 0.3 is 0 Å². The zero-order valence-electron chi connectivity index (χ0n) is 10.4. The topological polar surface area (TPSA) is 66.5 Å². The van der Waals surface area contributed by atoms with E-state index in [1.165, 1.54) is 0 Å². The Balaban J connectivity index is 2.05. The van der Waals surface area contributed by atoms with E-state index in [-0.39, 0.29) is 30.6 Å². The molecule has 1 aliphatic heterocycles. The van der Waals surface area contributed by atoms with Crippen LogP contribution in [0.15, 0.2) is 24.3 Å². The summed E-state index contributed by atoms with van der Waals surface area (Å²) in [5.74, 6) is -0.921. The van der Waals surface area contributed by atoms with Crippen molar-refractivity contribution in [3.8, 4) is 0 Å². The van der Waals surface area contributed by atoms with Crippen LogP contribution in [0.5, 0.6) is 0 Å². The van der Waals surface area contributed by atoms with Crippen molar-refractivity contribution in [2.75, 3.05) is 5.32 Å². The minimum atomic E-state index is -0.776. The predicted octanol–water partition coefficient (Wildman–Crippen LogP) is 1.77. The van der Waals surface area contributed by atoms with Crippen LogP contribution >= 0.6 is 22.6 Å². The van der Waals surface area contributed by atoms with E-state index in [1.54, 1.807) is 19.1 Å². The number of anilines is 1. The van der Waals surface area contributed by atoms with Gasteiger partial charge in [0.05, 0.1) is 0 Å². The first-order valence-corrected chi connectivity index (χ1v) is 6.98. The molecule has 1 aromatic carbocycles. The molecular weight excluding hydrogens is 359 g/mol. The predicted molar refractivity (Wildman–Crippen MR) is 78.3 cm³/mol. The first-order valence-electron chi connectivity index (χ1n) is 5.90. The van der Waals surface area contributed by atoms with E-state index in [9.17, 15) is 14.4 Å². The molecule has 1 fully saturated rings. The van der Waals surface area contributed by atoms with Gasteiger partial charge in [0, 0.05) is 22.1 Å². The third kappa shape index (κ3) is 3.12. The van der Waals surface area contributed by atoms with Gasteiger partial charge in [0.1, 0.15) is 6.04 Å². The summed E-state index contributed by atoms with van der Waals surface area (Å²) in [6.45, 7) is 1.56. The first kappa shape index (κ1) is 14.0. The maximum atomic E-state index is 12.0. The van der Waals surface area contributed by atoms with Crippen molar-refractivity contribution in [3.05, 3.63) is 27.8 Å². The van der Waals surface area contributed by atoms with E-state index >= 15 is 0 Å². The zero-order valence-corrected chi connectivity index (χ0v) is 12.5. The van der Waals surface area contributed by atoms with Crippen LogP contribution in [0, 0.1) is 3.57 Å². The largest absolute Gasteiger partial charge is 0.324 e. The number of amides is 3. The molecule has 5 nitrogen and oxygen atoms in total. The quantitative estimate of drug-likeness (QED) is 0.650. The molecule has 1 aromatic rings. The molecule has 19 heavy (non-hydrogen) atoms. The van der Waals surface area contributed by atoms with Crippen LogP contribution in [0.3, 0.4) is 0 Å². The van der Waals surface area contributed by atoms with E-state index in [2.05, 4.69) is 27.9 Å². The van der Waals surface area contributed by atoms with Gasteiger partial charge in [-0.25, -0.2) is 0 Å². The second kappa shape index (κ2) is 5.68. The minimum absolute atomic E-state index is 0.194. The van der Waals surface area contributed by atoms with E-state index in [4.69, 9.17) is 0 Å². The fourth-order valence-electron chi connectivity index (χ4n) is 1.92. The highest BCUT2D eigenvalue weighted by molar-refractivity contribution is 14.1. The van der Waals surface area contributed by atoms with Crippen molar-refractivity contribution in [3.63, 3.8) is 0 Å². The van der Waals surface area contributed by atoms with Crippen LogP contribution in [0.2, 0.25) is 0 Å². The lowest BCUT2D eigenvalue weighted by molar-refractivity contribution is -0.144. The summed E-state index contributed by atoms with van der Waals surface area (Å²) in [4.78, 5) is 36.2. The van der Waals surface area contributed by atoms with Gasteiger partial charge < -0.3 is 5.32 Å². The summed E-state index contributed by atoms with van der Waals surface area (Å²) in [6.07, 6.45) is 0.389. The Kier molecular flexibility index (Phi) is 4.18. The fraction of sp³-hybridized carbons (Fsp3) is 0.308. The van der Waals surface area contributed by atoms with Crippen molar-refractivity contribution < 1.29 is 14.4 Å². The molecule has 0 spiro atoms. The van der Waals surface area contributed by atoms with Crippen LogP contribution in [-0.4, -0.2) is 28.7 Å². The SMILES string of the molecule is C[C@@H](C(=O)Nc1ccc(I)cc1)N1C(=O)CCC1=O. The van der Waals surface area contributed by atoms with Gasteiger partial charge in [0.25, 0.3) is 0 Å². The molecule has 0 saturated carbocycles. The molecule has 0 aromatic heterocycles. The van der Waals surface area contributed by atoms with Crippen molar-refractivity contribution in [1.82, 2.24) is 4.90 Å². The molecular formula is C13H13IN2O3. The summed E-state index contributed by atoms with van der Waals surface area (Å²) >= 11 is 2.17. The average molecular weight is 372 g/mol. The van der Waals surface area contributed by atoms with Gasteiger partial charge in [-0.3, -0.25) is 19.3 Å². The first-order chi connectivity index (χ1) is 8.99. The molecule has 0 aliphatic carbocycles. The van der Waals surface area contributed by atoms with E-state index < -0.39 is 6.04 Å². The number of carbonyl (C=O) groups is 3. The average Bonchev–Trinajstić information content (AvgIpc) is 2.71. The highest BCUT2D eigenvalue weighted by Gasteiger charge is 2.36. The highest BCUT2D eigenvalue weighted by atomic mass is 127. The lowest BCUT2D eigenvalue weighted by Gasteiger charge is -2.21. The molecule has 1 atom stereocenters. The van der Waals surface area contributed by atoms with E-state index in [1.807, 2.05) is 12.1 Å². The number of carbonyl (C=O) groups excluding carboxylic acids is 3. The van der Waals surface area contributed by atoms with Gasteiger partial charge in [0.2, 0.25) is 17.7 Å². The number of hydrogen-bond acceptors (Lipinski definition) is 3. The number of benzene rings is 1. The summed E-state index contributed by atoms with van der Waals surface area (Å²) in [7, 11) is 0. The van der Waals surface area contributed by atoms with Gasteiger partial charge in [-0.05, 0) is 53.8 Å². The number of imide groups is 1. The van der Waals surface area contributed by atoms with Crippen molar-refractivity contribution in [2.45, 2.75) is 25.8 Å². The standard InChI is InChI=1S/C13H13IN2O3/c1-8(16-11(17)6-7-12(16)18)13(19)15-10-4-2-9(14)3-5-10/h2-5,8H,6-7H2,1H3,(H,15,19)/t8-/m0/s1. The number of hydrogen-bond donors (Lipinski definition) is 1. The monoisotopic (exact) mass is 372 g/mol. The van der Waals surface area contributed by atoms with Crippen molar-refractivity contribution in [1.29, 1.82) is 0 Å². The summed E-state index contributed by atoms with van der Waals surface area (Å²) in [5.41, 5.74) is 0.649. The molecule has 6 heteroatoms. The Morgan fingerprint density at radius 1 is 1.21 bits per heavy atom. The molecule has 1 heterocycles. The minimum Gasteiger partial charge on any atom is -0.324 e. The molecule has 0 unspecified atom stereocenters. The maximum absolute atomic E-state index is 12.0. The molecule has 3 amide bonds. The lowest BCUT2D eigenvalue weighted by atomic mass is 10.2. The third-order valence-electron chi connectivity index (χ3n) is 2.97. The van der Waals surface area contributed by atoms with Gasteiger partial charge in [-0.15, -0.1) is 0 Å².